The molecule has 8 nitrogen and oxygen atoms in total. The number of nitrogens with zero attached hydrogens (tertiary/aromatic N) is 5. The van der Waals surface area contributed by atoms with Crippen LogP contribution in [-0.2, 0) is 11.3 Å². The van der Waals surface area contributed by atoms with Gasteiger partial charge in [0.15, 0.2) is 11.5 Å². The van der Waals surface area contributed by atoms with E-state index in [-0.39, 0.29) is 5.91 Å². The minimum atomic E-state index is -0.169. The Hall–Kier alpha value is -3.00. The molecule has 0 atom stereocenters. The van der Waals surface area contributed by atoms with Crippen molar-refractivity contribution in [2.45, 2.75) is 27.3 Å². The zero-order valence-electron chi connectivity index (χ0n) is 15.2. The van der Waals surface area contributed by atoms with Crippen molar-refractivity contribution in [2.24, 2.45) is 0 Å². The van der Waals surface area contributed by atoms with Crippen LogP contribution in [0.25, 0.3) is 16.9 Å². The van der Waals surface area contributed by atoms with E-state index < -0.39 is 0 Å². The van der Waals surface area contributed by atoms with Crippen LogP contribution >= 0.6 is 0 Å². The molecule has 3 aromatic heterocycles. The molecule has 3 aromatic rings. The lowest BCUT2D eigenvalue weighted by Crippen LogP contribution is -2.23. The van der Waals surface area contributed by atoms with Gasteiger partial charge in [0, 0.05) is 30.8 Å². The number of hydrogen-bond acceptors (Lipinski definition) is 6. The van der Waals surface area contributed by atoms with Gasteiger partial charge >= 0.3 is 0 Å². The minimum absolute atomic E-state index is 0.169. The molecule has 0 unspecified atom stereocenters. The van der Waals surface area contributed by atoms with E-state index >= 15 is 0 Å². The Balaban J connectivity index is 1.94. The van der Waals surface area contributed by atoms with Gasteiger partial charge in [-0.3, -0.25) is 9.69 Å². The summed E-state index contributed by atoms with van der Waals surface area (Å²) in [5.41, 5.74) is 9.34. The maximum atomic E-state index is 11.2. The molecule has 0 spiro atoms. The largest absolute Gasteiger partial charge is 0.383 e. The number of nitrogen functional groups attached to an aromatic ring is 1. The van der Waals surface area contributed by atoms with Crippen molar-refractivity contribution in [1.82, 2.24) is 24.5 Å². The molecule has 0 radical (unpaired) electrons. The van der Waals surface area contributed by atoms with Gasteiger partial charge in [-0.05, 0) is 31.3 Å². The van der Waals surface area contributed by atoms with Crippen molar-refractivity contribution in [1.29, 1.82) is 0 Å². The van der Waals surface area contributed by atoms with Gasteiger partial charge < -0.3 is 11.1 Å². The van der Waals surface area contributed by atoms with Crippen LogP contribution in [0, 0.1) is 0 Å². The van der Waals surface area contributed by atoms with Crippen LogP contribution in [0.2, 0.25) is 0 Å². The molecule has 8 heteroatoms. The average molecular weight is 353 g/mol. The number of nitrogens with one attached hydrogen (secondary N) is 1. The fraction of sp³-hybridized carbons (Fsp3) is 0.333. The van der Waals surface area contributed by atoms with E-state index in [1.165, 1.54) is 6.92 Å². The lowest BCUT2D eigenvalue weighted by Gasteiger charge is -2.19. The molecule has 1 amide bonds. The van der Waals surface area contributed by atoms with E-state index in [4.69, 9.17) is 5.73 Å². The van der Waals surface area contributed by atoms with Crippen LogP contribution in [0.5, 0.6) is 0 Å². The highest BCUT2D eigenvalue weighted by atomic mass is 16.1. The van der Waals surface area contributed by atoms with Gasteiger partial charge in [0.05, 0.1) is 11.9 Å². The maximum absolute atomic E-state index is 11.2. The lowest BCUT2D eigenvalue weighted by atomic mass is 10.1. The third-order valence-electron chi connectivity index (χ3n) is 4.21. The van der Waals surface area contributed by atoms with Gasteiger partial charge in [-0.1, -0.05) is 13.8 Å². The minimum Gasteiger partial charge on any atom is -0.383 e. The third-order valence-corrected chi connectivity index (χ3v) is 4.21. The van der Waals surface area contributed by atoms with Gasteiger partial charge in [0.25, 0.3) is 0 Å². The molecular formula is C18H23N7O. The molecule has 3 N–H and O–H groups in total. The van der Waals surface area contributed by atoms with Crippen molar-refractivity contribution in [3.05, 3.63) is 36.2 Å². The van der Waals surface area contributed by atoms with Gasteiger partial charge in [0.1, 0.15) is 5.82 Å². The Morgan fingerprint density at radius 1 is 1.31 bits per heavy atom. The van der Waals surface area contributed by atoms with Gasteiger partial charge in [-0.2, -0.15) is 5.10 Å². The summed E-state index contributed by atoms with van der Waals surface area (Å²) in [6, 6.07) is 5.77. The predicted octanol–water partition coefficient (Wildman–Crippen LogP) is 2.17. The molecule has 0 fully saturated rings. The summed E-state index contributed by atoms with van der Waals surface area (Å²) in [6.45, 7) is 8.34. The average Bonchev–Trinajstić information content (AvgIpc) is 3.01. The molecule has 0 aliphatic rings. The molecular weight excluding hydrogens is 330 g/mol. The number of imidazole rings is 1. The molecule has 0 aliphatic heterocycles. The first kappa shape index (κ1) is 17.8. The first-order valence-corrected chi connectivity index (χ1v) is 8.61. The number of fused-ring (bicyclic) bond motifs is 1. The van der Waals surface area contributed by atoms with Gasteiger partial charge in [-0.25, -0.2) is 14.5 Å². The van der Waals surface area contributed by atoms with E-state index in [0.717, 1.165) is 36.5 Å². The molecule has 0 saturated carbocycles. The van der Waals surface area contributed by atoms with Crippen LogP contribution in [0.3, 0.4) is 0 Å². The molecule has 26 heavy (non-hydrogen) atoms. The summed E-state index contributed by atoms with van der Waals surface area (Å²) < 4.78 is 1.64. The number of pyridine rings is 1. The summed E-state index contributed by atoms with van der Waals surface area (Å²) in [7, 11) is 0. The van der Waals surface area contributed by atoms with Crippen molar-refractivity contribution in [2.75, 3.05) is 24.1 Å². The van der Waals surface area contributed by atoms with E-state index in [1.807, 2.05) is 18.2 Å². The molecule has 3 heterocycles. The Labute approximate surface area is 152 Å². The number of nitrogens with two attached hydrogens (primary N) is 1. The molecule has 3 rings (SSSR count). The number of carbonyl (C=O) groups excluding carboxylic acids is 1. The predicted molar refractivity (Wildman–Crippen MR) is 102 cm³/mol. The Morgan fingerprint density at radius 3 is 2.77 bits per heavy atom. The van der Waals surface area contributed by atoms with Gasteiger partial charge in [-0.15, -0.1) is 0 Å². The zero-order valence-corrected chi connectivity index (χ0v) is 15.2. The first-order chi connectivity index (χ1) is 12.5. The van der Waals surface area contributed by atoms with Crippen LogP contribution in [0.15, 0.2) is 30.6 Å². The fourth-order valence-corrected chi connectivity index (χ4v) is 2.75. The Morgan fingerprint density at radius 2 is 2.08 bits per heavy atom. The Bertz CT molecular complexity index is 930. The quantitative estimate of drug-likeness (QED) is 0.704. The topological polar surface area (TPSA) is 101 Å². The molecule has 0 bridgehead atoms. The second-order valence-corrected chi connectivity index (χ2v) is 6.06. The fourth-order valence-electron chi connectivity index (χ4n) is 2.75. The SMILES string of the molecule is CCN(CC)Cc1cc(-c2ccc3nc(NC(C)=O)cn3n2)cnc1N. The van der Waals surface area contributed by atoms with Crippen molar-refractivity contribution in [3.63, 3.8) is 0 Å². The summed E-state index contributed by atoms with van der Waals surface area (Å²) >= 11 is 0. The summed E-state index contributed by atoms with van der Waals surface area (Å²) in [6.07, 6.45) is 3.41. The van der Waals surface area contributed by atoms with Gasteiger partial charge in [0.2, 0.25) is 5.91 Å². The monoisotopic (exact) mass is 353 g/mol. The summed E-state index contributed by atoms with van der Waals surface area (Å²) in [5.74, 6) is 0.842. The summed E-state index contributed by atoms with van der Waals surface area (Å²) in [4.78, 5) is 22.1. The Kier molecular flexibility index (Phi) is 5.13. The lowest BCUT2D eigenvalue weighted by molar-refractivity contribution is -0.114. The number of hydrogen-bond donors (Lipinski definition) is 2. The van der Waals surface area contributed by atoms with Crippen LogP contribution in [-0.4, -0.2) is 43.5 Å². The molecule has 136 valence electrons. The van der Waals surface area contributed by atoms with E-state index in [0.29, 0.717) is 17.3 Å². The molecule has 0 saturated heterocycles. The number of amides is 1. The van der Waals surface area contributed by atoms with Crippen molar-refractivity contribution in [3.8, 4) is 11.3 Å². The second kappa shape index (κ2) is 7.49. The highest BCUT2D eigenvalue weighted by Gasteiger charge is 2.11. The highest BCUT2D eigenvalue weighted by Crippen LogP contribution is 2.22. The second-order valence-electron chi connectivity index (χ2n) is 6.06. The van der Waals surface area contributed by atoms with E-state index in [9.17, 15) is 4.79 Å². The van der Waals surface area contributed by atoms with E-state index in [1.54, 1.807) is 16.9 Å². The van der Waals surface area contributed by atoms with E-state index in [2.05, 4.69) is 39.1 Å². The smallest absolute Gasteiger partial charge is 0.222 e. The molecule has 0 aromatic carbocycles. The zero-order chi connectivity index (χ0) is 18.7. The molecule has 0 aliphatic carbocycles. The van der Waals surface area contributed by atoms with Crippen molar-refractivity contribution >= 4 is 23.2 Å². The maximum Gasteiger partial charge on any atom is 0.222 e. The van der Waals surface area contributed by atoms with Crippen LogP contribution in [0.1, 0.15) is 26.3 Å². The summed E-state index contributed by atoms with van der Waals surface area (Å²) in [5, 5.41) is 7.23. The number of anilines is 2. The normalized spacial score (nSPS) is 11.2. The third kappa shape index (κ3) is 3.80. The number of rotatable bonds is 6. The first-order valence-electron chi connectivity index (χ1n) is 8.61. The van der Waals surface area contributed by atoms with Crippen LogP contribution < -0.4 is 11.1 Å². The number of aromatic nitrogens is 4. The van der Waals surface area contributed by atoms with Crippen LogP contribution in [0.4, 0.5) is 11.6 Å². The standard InChI is InChI=1S/C18H23N7O/c1-4-24(5-2)10-14-8-13(9-20-18(14)19)15-6-7-17-22-16(21-12(3)26)11-25(17)23-15/h6-9,11H,4-5,10H2,1-3H3,(H2,19,20)(H,21,26). The van der Waals surface area contributed by atoms with Crippen molar-refractivity contribution < 1.29 is 4.79 Å². The highest BCUT2D eigenvalue weighted by molar-refractivity contribution is 5.87. The number of carbonyl (C=O) groups is 1.